The van der Waals surface area contributed by atoms with Gasteiger partial charge in [-0.2, -0.15) is 0 Å². The van der Waals surface area contributed by atoms with Crippen LogP contribution >= 0.6 is 23.4 Å². The molecule has 5 rings (SSSR count). The van der Waals surface area contributed by atoms with Gasteiger partial charge >= 0.3 is 0 Å². The lowest BCUT2D eigenvalue weighted by atomic mass is 10.00. The van der Waals surface area contributed by atoms with Gasteiger partial charge in [0.15, 0.2) is 5.16 Å². The van der Waals surface area contributed by atoms with Crippen LogP contribution in [0, 0.1) is 5.92 Å². The summed E-state index contributed by atoms with van der Waals surface area (Å²) in [6.07, 6.45) is 4.78. The van der Waals surface area contributed by atoms with E-state index >= 15 is 0 Å². The van der Waals surface area contributed by atoms with E-state index in [9.17, 15) is 4.79 Å². The van der Waals surface area contributed by atoms with Crippen LogP contribution in [0.25, 0.3) is 0 Å². The van der Waals surface area contributed by atoms with Gasteiger partial charge < -0.3 is 14.7 Å². The standard InChI is InChI=1S/C23H31ClN6OS/c1-17-7-9-29(10-8-17)22-25-26-23(30(22)19-5-6-19)32-16-21(31)28-13-11-27(12-14-28)20-4-2-3-18(24)15-20/h2-4,15,17,19H,5-14,16H2,1H3. The second-order valence-corrected chi connectivity index (χ2v) is 10.6. The number of piperazine rings is 1. The highest BCUT2D eigenvalue weighted by molar-refractivity contribution is 7.99. The number of aromatic nitrogens is 3. The first-order valence-corrected chi connectivity index (χ1v) is 13.1. The molecular formula is C23H31ClN6OS. The molecule has 1 aromatic heterocycles. The number of carbonyl (C=O) groups is 1. The van der Waals surface area contributed by atoms with Crippen molar-refractivity contribution < 1.29 is 4.79 Å². The Labute approximate surface area is 199 Å². The molecule has 0 unspecified atom stereocenters. The van der Waals surface area contributed by atoms with Crippen LogP contribution in [0.5, 0.6) is 0 Å². The summed E-state index contributed by atoms with van der Waals surface area (Å²) in [5.41, 5.74) is 1.12. The summed E-state index contributed by atoms with van der Waals surface area (Å²) in [4.78, 5) is 19.5. The number of anilines is 2. The summed E-state index contributed by atoms with van der Waals surface area (Å²) in [6, 6.07) is 8.42. The van der Waals surface area contributed by atoms with Crippen LogP contribution < -0.4 is 9.80 Å². The molecule has 2 aromatic rings. The maximum atomic E-state index is 12.9. The number of benzene rings is 1. The molecule has 0 radical (unpaired) electrons. The second-order valence-electron chi connectivity index (χ2n) is 9.19. The lowest BCUT2D eigenvalue weighted by Crippen LogP contribution is -2.49. The summed E-state index contributed by atoms with van der Waals surface area (Å²) in [5.74, 6) is 2.39. The normalized spacial score (nSPS) is 20.1. The Morgan fingerprint density at radius 3 is 2.47 bits per heavy atom. The van der Waals surface area contributed by atoms with E-state index in [1.807, 2.05) is 23.1 Å². The summed E-state index contributed by atoms with van der Waals surface area (Å²) in [6.45, 7) is 7.54. The number of hydrogen-bond donors (Lipinski definition) is 0. The number of amides is 1. The van der Waals surface area contributed by atoms with Gasteiger partial charge in [-0.05, 0) is 49.8 Å². The molecule has 1 aromatic carbocycles. The Bertz CT molecular complexity index is 948. The van der Waals surface area contributed by atoms with E-state index in [0.717, 1.165) is 67.0 Å². The summed E-state index contributed by atoms with van der Waals surface area (Å²) in [7, 11) is 0. The van der Waals surface area contributed by atoms with E-state index in [1.165, 1.54) is 25.7 Å². The molecule has 2 aliphatic heterocycles. The van der Waals surface area contributed by atoms with Crippen LogP contribution in [0.3, 0.4) is 0 Å². The minimum atomic E-state index is 0.180. The Kier molecular flexibility index (Phi) is 6.51. The van der Waals surface area contributed by atoms with Crippen LogP contribution in [0.2, 0.25) is 5.02 Å². The minimum absolute atomic E-state index is 0.180. The molecule has 3 fully saturated rings. The Balaban J connectivity index is 1.17. The third kappa shape index (κ3) is 4.86. The number of carbonyl (C=O) groups excluding carboxylic acids is 1. The van der Waals surface area contributed by atoms with Crippen LogP contribution in [0.1, 0.15) is 38.6 Å². The smallest absolute Gasteiger partial charge is 0.233 e. The van der Waals surface area contributed by atoms with Crippen molar-refractivity contribution >= 4 is 40.9 Å². The lowest BCUT2D eigenvalue weighted by molar-refractivity contribution is -0.128. The van der Waals surface area contributed by atoms with Crippen molar-refractivity contribution in [3.8, 4) is 0 Å². The third-order valence-corrected chi connectivity index (χ3v) is 7.92. The number of halogens is 1. The number of nitrogens with zero attached hydrogens (tertiary/aromatic N) is 6. The highest BCUT2D eigenvalue weighted by Crippen LogP contribution is 2.41. The molecule has 0 atom stereocenters. The molecule has 9 heteroatoms. The van der Waals surface area contributed by atoms with E-state index in [2.05, 4.69) is 37.6 Å². The quantitative estimate of drug-likeness (QED) is 0.591. The first-order chi connectivity index (χ1) is 15.6. The molecule has 7 nitrogen and oxygen atoms in total. The van der Waals surface area contributed by atoms with Gasteiger partial charge in [0.05, 0.1) is 5.75 Å². The van der Waals surface area contributed by atoms with Gasteiger partial charge in [-0.1, -0.05) is 36.4 Å². The van der Waals surface area contributed by atoms with E-state index in [-0.39, 0.29) is 5.91 Å². The van der Waals surface area contributed by atoms with Crippen molar-refractivity contribution in [2.24, 2.45) is 5.92 Å². The highest BCUT2D eigenvalue weighted by atomic mass is 35.5. The molecule has 0 spiro atoms. The lowest BCUT2D eigenvalue weighted by Gasteiger charge is -2.36. The van der Waals surface area contributed by atoms with Gasteiger partial charge in [-0.25, -0.2) is 0 Å². The Morgan fingerprint density at radius 2 is 1.78 bits per heavy atom. The predicted molar refractivity (Wildman–Crippen MR) is 130 cm³/mol. The molecule has 1 aliphatic carbocycles. The number of rotatable bonds is 6. The zero-order valence-corrected chi connectivity index (χ0v) is 20.2. The van der Waals surface area contributed by atoms with Crippen LogP contribution in [-0.2, 0) is 4.79 Å². The fourth-order valence-corrected chi connectivity index (χ4v) is 5.64. The molecule has 1 saturated carbocycles. The highest BCUT2D eigenvalue weighted by Gasteiger charge is 2.33. The monoisotopic (exact) mass is 474 g/mol. The fourth-order valence-electron chi connectivity index (χ4n) is 4.55. The van der Waals surface area contributed by atoms with Gasteiger partial charge in [-0.3, -0.25) is 9.36 Å². The third-order valence-electron chi connectivity index (χ3n) is 6.76. The van der Waals surface area contributed by atoms with Crippen molar-refractivity contribution in [2.75, 3.05) is 54.8 Å². The van der Waals surface area contributed by atoms with Gasteiger partial charge in [0.1, 0.15) is 0 Å². The van der Waals surface area contributed by atoms with Crippen LogP contribution in [-0.4, -0.2) is 70.6 Å². The first kappa shape index (κ1) is 21.9. The molecule has 0 N–H and O–H groups in total. The molecular weight excluding hydrogens is 444 g/mol. The Morgan fingerprint density at radius 1 is 1.03 bits per heavy atom. The molecule has 172 valence electrons. The number of thioether (sulfide) groups is 1. The predicted octanol–water partition coefficient (Wildman–Crippen LogP) is 3.94. The van der Waals surface area contributed by atoms with Crippen molar-refractivity contribution in [1.29, 1.82) is 0 Å². The zero-order valence-electron chi connectivity index (χ0n) is 18.6. The SMILES string of the molecule is CC1CCN(c2nnc(SCC(=O)N3CCN(c4cccc(Cl)c4)CC3)n2C2CC2)CC1. The van der Waals surface area contributed by atoms with Gasteiger partial charge in [0.25, 0.3) is 0 Å². The van der Waals surface area contributed by atoms with Gasteiger partial charge in [0, 0.05) is 56.0 Å². The number of hydrogen-bond acceptors (Lipinski definition) is 6. The summed E-state index contributed by atoms with van der Waals surface area (Å²) < 4.78 is 2.30. The van der Waals surface area contributed by atoms with E-state index < -0.39 is 0 Å². The molecule has 3 heterocycles. The summed E-state index contributed by atoms with van der Waals surface area (Å²) in [5, 5.41) is 10.7. The average molecular weight is 475 g/mol. The molecule has 3 aliphatic rings. The van der Waals surface area contributed by atoms with Crippen molar-refractivity contribution in [3.05, 3.63) is 29.3 Å². The Hall–Kier alpha value is -1.93. The fraction of sp³-hybridized carbons (Fsp3) is 0.609. The van der Waals surface area contributed by atoms with Crippen molar-refractivity contribution in [2.45, 2.75) is 43.8 Å². The minimum Gasteiger partial charge on any atom is -0.368 e. The second kappa shape index (κ2) is 9.51. The average Bonchev–Trinajstić information content (AvgIpc) is 3.57. The van der Waals surface area contributed by atoms with Crippen molar-refractivity contribution in [1.82, 2.24) is 19.7 Å². The maximum absolute atomic E-state index is 12.9. The van der Waals surface area contributed by atoms with Gasteiger partial charge in [0.2, 0.25) is 11.9 Å². The molecule has 1 amide bonds. The molecule has 2 saturated heterocycles. The summed E-state index contributed by atoms with van der Waals surface area (Å²) >= 11 is 7.67. The van der Waals surface area contributed by atoms with E-state index in [0.29, 0.717) is 11.8 Å². The van der Waals surface area contributed by atoms with Crippen molar-refractivity contribution in [3.63, 3.8) is 0 Å². The largest absolute Gasteiger partial charge is 0.368 e. The van der Waals surface area contributed by atoms with Gasteiger partial charge in [-0.15, -0.1) is 10.2 Å². The van der Waals surface area contributed by atoms with Crippen LogP contribution in [0.15, 0.2) is 29.4 Å². The van der Waals surface area contributed by atoms with E-state index in [1.54, 1.807) is 11.8 Å². The molecule has 0 bridgehead atoms. The maximum Gasteiger partial charge on any atom is 0.233 e. The number of piperidine rings is 1. The van der Waals surface area contributed by atoms with Crippen LogP contribution in [0.4, 0.5) is 11.6 Å². The molecule has 32 heavy (non-hydrogen) atoms. The zero-order chi connectivity index (χ0) is 22.1. The van der Waals surface area contributed by atoms with E-state index in [4.69, 9.17) is 11.6 Å². The first-order valence-electron chi connectivity index (χ1n) is 11.7. The topological polar surface area (TPSA) is 57.5 Å².